The summed E-state index contributed by atoms with van der Waals surface area (Å²) in [7, 11) is 4.10. The van der Waals surface area contributed by atoms with Gasteiger partial charge in [-0.3, -0.25) is 4.79 Å². The van der Waals surface area contributed by atoms with E-state index < -0.39 is 0 Å². The molecule has 4 rings (SSSR count). The molecule has 1 aromatic rings. The van der Waals surface area contributed by atoms with Gasteiger partial charge in [0, 0.05) is 57.5 Å². The lowest BCUT2D eigenvalue weighted by Gasteiger charge is -2.33. The van der Waals surface area contributed by atoms with Crippen molar-refractivity contribution in [3.05, 3.63) is 17.1 Å². The molecule has 1 aromatic heterocycles. The third-order valence-electron chi connectivity index (χ3n) is 6.91. The van der Waals surface area contributed by atoms with Crippen molar-refractivity contribution in [1.29, 1.82) is 0 Å². The third kappa shape index (κ3) is 4.32. The first-order chi connectivity index (χ1) is 13.6. The molecule has 0 unspecified atom stereocenters. The second-order valence-electron chi connectivity index (χ2n) is 8.96. The van der Waals surface area contributed by atoms with Crippen LogP contribution in [0.2, 0.25) is 0 Å². The van der Waals surface area contributed by atoms with Crippen LogP contribution < -0.4 is 5.32 Å². The minimum absolute atomic E-state index is 0.371. The Balaban J connectivity index is 1.37. The highest BCUT2D eigenvalue weighted by molar-refractivity contribution is 5.76. The second-order valence-corrected chi connectivity index (χ2v) is 8.96. The van der Waals surface area contributed by atoms with Crippen molar-refractivity contribution in [3.63, 3.8) is 0 Å². The zero-order valence-electron chi connectivity index (χ0n) is 17.5. The molecule has 0 aromatic carbocycles. The minimum atomic E-state index is 0.371. The molecule has 2 fully saturated rings. The van der Waals surface area contributed by atoms with E-state index >= 15 is 0 Å². The standard InChI is InChI=1S/C22H35N5O/c1-23-22-18-15-26(2)11-10-19(18)24-21(25-22)17-8-12-27(13-9-17)20(28)14-16-6-4-3-5-7-16/h16-17H,3-15H2,1-2H3,(H,23,24,25). The molecule has 28 heavy (non-hydrogen) atoms. The molecule has 2 aliphatic heterocycles. The maximum Gasteiger partial charge on any atom is 0.222 e. The Morgan fingerprint density at radius 2 is 1.82 bits per heavy atom. The molecular formula is C22H35N5O. The topological polar surface area (TPSA) is 61.4 Å². The van der Waals surface area contributed by atoms with Crippen LogP contribution in [0.5, 0.6) is 0 Å². The van der Waals surface area contributed by atoms with Gasteiger partial charge in [0.1, 0.15) is 11.6 Å². The number of fused-ring (bicyclic) bond motifs is 1. The van der Waals surface area contributed by atoms with Crippen molar-refractivity contribution in [2.75, 3.05) is 39.0 Å². The van der Waals surface area contributed by atoms with E-state index in [2.05, 4.69) is 22.2 Å². The summed E-state index contributed by atoms with van der Waals surface area (Å²) in [6.07, 6.45) is 10.2. The van der Waals surface area contributed by atoms with Gasteiger partial charge in [-0.2, -0.15) is 0 Å². The van der Waals surface area contributed by atoms with Crippen LogP contribution in [0.15, 0.2) is 0 Å². The fourth-order valence-corrected chi connectivity index (χ4v) is 5.11. The predicted molar refractivity (Wildman–Crippen MR) is 111 cm³/mol. The summed E-state index contributed by atoms with van der Waals surface area (Å²) in [6, 6.07) is 0. The largest absolute Gasteiger partial charge is 0.373 e. The van der Waals surface area contributed by atoms with Gasteiger partial charge >= 0.3 is 0 Å². The van der Waals surface area contributed by atoms with E-state index in [-0.39, 0.29) is 0 Å². The van der Waals surface area contributed by atoms with Crippen LogP contribution in [-0.4, -0.2) is 59.4 Å². The number of nitrogens with one attached hydrogen (secondary N) is 1. The molecule has 3 heterocycles. The van der Waals surface area contributed by atoms with E-state index in [1.165, 1.54) is 43.4 Å². The van der Waals surface area contributed by atoms with Gasteiger partial charge in [-0.15, -0.1) is 0 Å². The summed E-state index contributed by atoms with van der Waals surface area (Å²) in [4.78, 5) is 27.0. The van der Waals surface area contributed by atoms with Crippen LogP contribution in [-0.2, 0) is 17.8 Å². The van der Waals surface area contributed by atoms with Crippen LogP contribution in [0.1, 0.15) is 74.4 Å². The van der Waals surface area contributed by atoms with Gasteiger partial charge in [-0.1, -0.05) is 19.3 Å². The molecule has 1 N–H and O–H groups in total. The van der Waals surface area contributed by atoms with Crippen LogP contribution in [0, 0.1) is 5.92 Å². The van der Waals surface area contributed by atoms with Gasteiger partial charge in [-0.05, 0) is 38.6 Å². The van der Waals surface area contributed by atoms with Gasteiger partial charge < -0.3 is 15.1 Å². The highest BCUT2D eigenvalue weighted by atomic mass is 16.2. The fraction of sp³-hybridized carbons (Fsp3) is 0.773. The lowest BCUT2D eigenvalue weighted by Crippen LogP contribution is -2.39. The Morgan fingerprint density at radius 1 is 1.07 bits per heavy atom. The number of amides is 1. The Bertz CT molecular complexity index is 675. The number of nitrogens with zero attached hydrogens (tertiary/aromatic N) is 4. The van der Waals surface area contributed by atoms with Gasteiger partial charge in [0.2, 0.25) is 5.91 Å². The summed E-state index contributed by atoms with van der Waals surface area (Å²) in [5, 5.41) is 3.29. The van der Waals surface area contributed by atoms with Crippen LogP contribution in [0.4, 0.5) is 5.82 Å². The number of hydrogen-bond donors (Lipinski definition) is 1. The number of carbonyl (C=O) groups is 1. The van der Waals surface area contributed by atoms with E-state index in [9.17, 15) is 4.79 Å². The van der Waals surface area contributed by atoms with Crippen molar-refractivity contribution in [3.8, 4) is 0 Å². The Hall–Kier alpha value is -1.69. The minimum Gasteiger partial charge on any atom is -0.373 e. The molecule has 1 saturated carbocycles. The number of hydrogen-bond acceptors (Lipinski definition) is 5. The molecule has 0 spiro atoms. The van der Waals surface area contributed by atoms with Crippen LogP contribution in [0.25, 0.3) is 0 Å². The van der Waals surface area contributed by atoms with Crippen molar-refractivity contribution in [1.82, 2.24) is 19.8 Å². The number of piperidine rings is 1. The summed E-state index contributed by atoms with van der Waals surface area (Å²) < 4.78 is 0. The monoisotopic (exact) mass is 385 g/mol. The SMILES string of the molecule is CNc1nc(C2CCN(C(=O)CC3CCCCC3)CC2)nc2c1CN(C)CC2. The normalized spacial score (nSPS) is 22.1. The lowest BCUT2D eigenvalue weighted by molar-refractivity contribution is -0.133. The Morgan fingerprint density at radius 3 is 2.54 bits per heavy atom. The van der Waals surface area contributed by atoms with E-state index in [1.807, 2.05) is 7.05 Å². The molecule has 0 atom stereocenters. The van der Waals surface area contributed by atoms with E-state index in [0.29, 0.717) is 17.7 Å². The first-order valence-electron chi connectivity index (χ1n) is 11.2. The summed E-state index contributed by atoms with van der Waals surface area (Å²) in [5.74, 6) is 3.33. The lowest BCUT2D eigenvalue weighted by atomic mass is 9.86. The second kappa shape index (κ2) is 8.76. The van der Waals surface area contributed by atoms with Crippen molar-refractivity contribution < 1.29 is 4.79 Å². The number of carbonyl (C=O) groups excluding carboxylic acids is 1. The molecule has 154 valence electrons. The highest BCUT2D eigenvalue weighted by Crippen LogP contribution is 2.32. The number of likely N-dealkylation sites (tertiary alicyclic amines) is 1. The average Bonchev–Trinajstić information content (AvgIpc) is 2.74. The first-order valence-corrected chi connectivity index (χ1v) is 11.2. The van der Waals surface area contributed by atoms with Crippen molar-refractivity contribution in [2.45, 2.75) is 70.3 Å². The van der Waals surface area contributed by atoms with Gasteiger partial charge in [0.25, 0.3) is 0 Å². The number of rotatable bonds is 4. The number of anilines is 1. The molecule has 1 saturated heterocycles. The Labute approximate surface area is 169 Å². The quantitative estimate of drug-likeness (QED) is 0.862. The zero-order valence-corrected chi connectivity index (χ0v) is 17.5. The molecule has 6 nitrogen and oxygen atoms in total. The Kier molecular flexibility index (Phi) is 6.14. The van der Waals surface area contributed by atoms with Gasteiger partial charge in [0.05, 0.1) is 5.69 Å². The smallest absolute Gasteiger partial charge is 0.222 e. The van der Waals surface area contributed by atoms with Gasteiger partial charge in [-0.25, -0.2) is 9.97 Å². The summed E-state index contributed by atoms with van der Waals surface area (Å²) in [5.41, 5.74) is 2.46. The molecular weight excluding hydrogens is 350 g/mol. The zero-order chi connectivity index (χ0) is 19.5. The average molecular weight is 386 g/mol. The van der Waals surface area contributed by atoms with Crippen LogP contribution >= 0.6 is 0 Å². The molecule has 0 radical (unpaired) electrons. The highest BCUT2D eigenvalue weighted by Gasteiger charge is 2.29. The third-order valence-corrected chi connectivity index (χ3v) is 6.91. The van der Waals surface area contributed by atoms with Crippen molar-refractivity contribution in [2.24, 2.45) is 5.92 Å². The maximum atomic E-state index is 12.7. The molecule has 0 bridgehead atoms. The molecule has 1 amide bonds. The number of likely N-dealkylation sites (N-methyl/N-ethyl adjacent to an activating group) is 1. The molecule has 1 aliphatic carbocycles. The maximum absolute atomic E-state index is 12.7. The van der Waals surface area contributed by atoms with E-state index in [0.717, 1.165) is 63.5 Å². The van der Waals surface area contributed by atoms with Crippen molar-refractivity contribution >= 4 is 11.7 Å². The predicted octanol–water partition coefficient (Wildman–Crippen LogP) is 3.18. The van der Waals surface area contributed by atoms with E-state index in [4.69, 9.17) is 9.97 Å². The van der Waals surface area contributed by atoms with Crippen LogP contribution in [0.3, 0.4) is 0 Å². The molecule has 3 aliphatic rings. The summed E-state index contributed by atoms with van der Waals surface area (Å²) in [6.45, 7) is 3.68. The van der Waals surface area contributed by atoms with E-state index in [1.54, 1.807) is 0 Å². The first kappa shape index (κ1) is 19.6. The molecule has 6 heteroatoms. The fourth-order valence-electron chi connectivity index (χ4n) is 5.11. The van der Waals surface area contributed by atoms with Gasteiger partial charge in [0.15, 0.2) is 0 Å². The summed E-state index contributed by atoms with van der Waals surface area (Å²) >= 11 is 0. The number of aromatic nitrogens is 2.